The zero-order valence-corrected chi connectivity index (χ0v) is 11.8. The highest BCUT2D eigenvalue weighted by Crippen LogP contribution is 2.19. The van der Waals surface area contributed by atoms with E-state index in [1.165, 1.54) is 24.3 Å². The lowest BCUT2D eigenvalue weighted by atomic mass is 9.96. The number of ether oxygens (including phenoxy) is 1. The Balaban J connectivity index is 2.39. The van der Waals surface area contributed by atoms with Crippen LogP contribution in [0.2, 0.25) is 0 Å². The van der Waals surface area contributed by atoms with Crippen LogP contribution in [0.15, 0.2) is 24.3 Å². The summed E-state index contributed by atoms with van der Waals surface area (Å²) in [6, 6.07) is 5.14. The van der Waals surface area contributed by atoms with E-state index in [1.54, 1.807) is 6.92 Å². The average molecular weight is 284 g/mol. The fourth-order valence-electron chi connectivity index (χ4n) is 1.61. The Morgan fingerprint density at radius 2 is 2.00 bits per heavy atom. The first kappa shape index (κ1) is 16.4. The topological polar surface area (TPSA) is 70.6 Å². The Morgan fingerprint density at radius 1 is 1.35 bits per heavy atom. The average Bonchev–Trinajstić information content (AvgIpc) is 2.42. The summed E-state index contributed by atoms with van der Waals surface area (Å²) in [5.74, 6) is -0.369. The molecule has 0 saturated heterocycles. The zero-order valence-electron chi connectivity index (χ0n) is 11.8. The predicted octanol–water partition coefficient (Wildman–Crippen LogP) is 1.37. The fourth-order valence-corrected chi connectivity index (χ4v) is 1.61. The normalized spacial score (nSPS) is 13.6. The van der Waals surface area contributed by atoms with Crippen molar-refractivity contribution in [1.29, 1.82) is 0 Å². The molecule has 0 aliphatic heterocycles. The van der Waals surface area contributed by atoms with Gasteiger partial charge in [0.1, 0.15) is 11.4 Å². The summed E-state index contributed by atoms with van der Waals surface area (Å²) >= 11 is 0. The molecule has 0 aromatic heterocycles. The van der Waals surface area contributed by atoms with Crippen LogP contribution in [0.25, 0.3) is 0 Å². The van der Waals surface area contributed by atoms with Gasteiger partial charge in [-0.3, -0.25) is 0 Å². The van der Waals surface area contributed by atoms with Crippen LogP contribution < -0.4 is 10.6 Å². The van der Waals surface area contributed by atoms with Crippen LogP contribution in [0.5, 0.6) is 0 Å². The van der Waals surface area contributed by atoms with Crippen LogP contribution >= 0.6 is 0 Å². The summed E-state index contributed by atoms with van der Waals surface area (Å²) < 4.78 is 17.9. The highest BCUT2D eigenvalue weighted by Gasteiger charge is 2.23. The summed E-state index contributed by atoms with van der Waals surface area (Å²) in [5, 5.41) is 15.4. The van der Waals surface area contributed by atoms with Gasteiger partial charge in [0.2, 0.25) is 0 Å². The highest BCUT2D eigenvalue weighted by atomic mass is 19.1. The van der Waals surface area contributed by atoms with E-state index < -0.39 is 5.60 Å². The molecule has 0 aliphatic rings. The molecular weight excluding hydrogens is 263 g/mol. The lowest BCUT2D eigenvalue weighted by Crippen LogP contribution is -2.44. The number of carbonyl (C=O) groups is 1. The standard InChI is InChI=1S/C14H21FN2O3/c1-3-20-9-8-16-13(18)17-10-14(2,19)11-4-6-12(15)7-5-11/h4-7,19H,3,8-10H2,1-2H3,(H2,16,17,18). The summed E-state index contributed by atoms with van der Waals surface area (Å²) in [6.07, 6.45) is 0. The molecule has 20 heavy (non-hydrogen) atoms. The van der Waals surface area contributed by atoms with Crippen molar-refractivity contribution in [2.45, 2.75) is 19.4 Å². The number of carbonyl (C=O) groups excluding carboxylic acids is 1. The molecule has 1 unspecified atom stereocenters. The van der Waals surface area contributed by atoms with E-state index in [0.717, 1.165) is 0 Å². The number of benzene rings is 1. The predicted molar refractivity (Wildman–Crippen MR) is 73.9 cm³/mol. The molecule has 2 amide bonds. The molecule has 5 nitrogen and oxygen atoms in total. The molecule has 6 heteroatoms. The molecule has 0 bridgehead atoms. The third-order valence-electron chi connectivity index (χ3n) is 2.80. The van der Waals surface area contributed by atoms with E-state index in [4.69, 9.17) is 4.74 Å². The molecule has 3 N–H and O–H groups in total. The Hall–Kier alpha value is -1.66. The van der Waals surface area contributed by atoms with Gasteiger partial charge in [-0.15, -0.1) is 0 Å². The van der Waals surface area contributed by atoms with Gasteiger partial charge in [0, 0.05) is 13.2 Å². The first-order chi connectivity index (χ1) is 9.45. The van der Waals surface area contributed by atoms with E-state index in [0.29, 0.717) is 25.3 Å². The van der Waals surface area contributed by atoms with Crippen LogP contribution in [-0.4, -0.2) is 37.4 Å². The van der Waals surface area contributed by atoms with E-state index in [-0.39, 0.29) is 18.4 Å². The van der Waals surface area contributed by atoms with E-state index in [9.17, 15) is 14.3 Å². The summed E-state index contributed by atoms with van der Waals surface area (Å²) in [7, 11) is 0. The Morgan fingerprint density at radius 3 is 2.60 bits per heavy atom. The molecule has 1 aromatic carbocycles. The summed E-state index contributed by atoms with van der Waals surface area (Å²) in [6.45, 7) is 4.90. The maximum absolute atomic E-state index is 12.8. The van der Waals surface area contributed by atoms with E-state index >= 15 is 0 Å². The zero-order chi connectivity index (χ0) is 15.0. The van der Waals surface area contributed by atoms with Gasteiger partial charge in [-0.1, -0.05) is 12.1 Å². The highest BCUT2D eigenvalue weighted by molar-refractivity contribution is 5.73. The fraction of sp³-hybridized carbons (Fsp3) is 0.500. The van der Waals surface area contributed by atoms with Crippen molar-refractivity contribution in [2.75, 3.05) is 26.3 Å². The van der Waals surface area contributed by atoms with Crippen molar-refractivity contribution >= 4 is 6.03 Å². The molecule has 0 spiro atoms. The number of halogens is 1. The molecule has 1 rings (SSSR count). The smallest absolute Gasteiger partial charge is 0.314 e. The SMILES string of the molecule is CCOCCNC(=O)NCC(C)(O)c1ccc(F)cc1. The number of amides is 2. The molecule has 0 aliphatic carbocycles. The van der Waals surface area contributed by atoms with Crippen LogP contribution in [0.4, 0.5) is 9.18 Å². The number of rotatable bonds is 7. The molecule has 0 heterocycles. The van der Waals surface area contributed by atoms with Gasteiger partial charge in [0.25, 0.3) is 0 Å². The van der Waals surface area contributed by atoms with Gasteiger partial charge in [-0.05, 0) is 31.5 Å². The Bertz CT molecular complexity index is 421. The number of hydrogen-bond donors (Lipinski definition) is 3. The second kappa shape index (κ2) is 7.81. The molecular formula is C14H21FN2O3. The van der Waals surface area contributed by atoms with Gasteiger partial charge in [-0.2, -0.15) is 0 Å². The van der Waals surface area contributed by atoms with Crippen LogP contribution in [-0.2, 0) is 10.3 Å². The molecule has 0 radical (unpaired) electrons. The Kier molecular flexibility index (Phi) is 6.41. The van der Waals surface area contributed by atoms with Crippen molar-refractivity contribution in [2.24, 2.45) is 0 Å². The maximum atomic E-state index is 12.8. The minimum absolute atomic E-state index is 0.0269. The van der Waals surface area contributed by atoms with Gasteiger partial charge in [-0.25, -0.2) is 9.18 Å². The van der Waals surface area contributed by atoms with Crippen molar-refractivity contribution in [3.05, 3.63) is 35.6 Å². The van der Waals surface area contributed by atoms with Crippen LogP contribution in [0, 0.1) is 5.82 Å². The van der Waals surface area contributed by atoms with Crippen LogP contribution in [0.1, 0.15) is 19.4 Å². The minimum atomic E-state index is -1.26. The van der Waals surface area contributed by atoms with E-state index in [1.807, 2.05) is 6.92 Å². The quantitative estimate of drug-likeness (QED) is 0.662. The second-order valence-corrected chi connectivity index (χ2v) is 4.59. The number of aliphatic hydroxyl groups is 1. The molecule has 0 saturated carbocycles. The summed E-state index contributed by atoms with van der Waals surface area (Å²) in [4.78, 5) is 11.5. The number of urea groups is 1. The minimum Gasteiger partial charge on any atom is -0.384 e. The largest absolute Gasteiger partial charge is 0.384 e. The van der Waals surface area contributed by atoms with E-state index in [2.05, 4.69) is 10.6 Å². The maximum Gasteiger partial charge on any atom is 0.314 e. The number of hydrogen-bond acceptors (Lipinski definition) is 3. The molecule has 112 valence electrons. The molecule has 0 fully saturated rings. The first-order valence-corrected chi connectivity index (χ1v) is 6.53. The van der Waals surface area contributed by atoms with Crippen molar-refractivity contribution < 1.29 is 19.0 Å². The summed E-state index contributed by atoms with van der Waals surface area (Å²) in [5.41, 5.74) is -0.723. The molecule has 1 aromatic rings. The van der Waals surface area contributed by atoms with Crippen molar-refractivity contribution in [3.8, 4) is 0 Å². The lowest BCUT2D eigenvalue weighted by Gasteiger charge is -2.24. The Labute approximate surface area is 118 Å². The van der Waals surface area contributed by atoms with Gasteiger partial charge in [0.15, 0.2) is 0 Å². The number of nitrogens with one attached hydrogen (secondary N) is 2. The third-order valence-corrected chi connectivity index (χ3v) is 2.80. The van der Waals surface area contributed by atoms with Gasteiger partial charge >= 0.3 is 6.03 Å². The van der Waals surface area contributed by atoms with Gasteiger partial charge in [0.05, 0.1) is 13.2 Å². The monoisotopic (exact) mass is 284 g/mol. The third kappa shape index (κ3) is 5.54. The van der Waals surface area contributed by atoms with Crippen LogP contribution in [0.3, 0.4) is 0 Å². The first-order valence-electron chi connectivity index (χ1n) is 6.53. The van der Waals surface area contributed by atoms with Crippen molar-refractivity contribution in [1.82, 2.24) is 10.6 Å². The molecule has 1 atom stereocenters. The second-order valence-electron chi connectivity index (χ2n) is 4.59. The van der Waals surface area contributed by atoms with Crippen molar-refractivity contribution in [3.63, 3.8) is 0 Å². The lowest BCUT2D eigenvalue weighted by molar-refractivity contribution is 0.0592. The van der Waals surface area contributed by atoms with Gasteiger partial charge < -0.3 is 20.5 Å².